The van der Waals surface area contributed by atoms with Gasteiger partial charge in [0.1, 0.15) is 0 Å². The Balaban J connectivity index is 2.13. The van der Waals surface area contributed by atoms with Crippen molar-refractivity contribution < 1.29 is 26.7 Å². The molecule has 1 saturated heterocycles. The standard InChI is InChI=1S/C15H24N2O6S2/c1-15(18,12-23-2)11-16-25(21,22)14-7-5-13(6-8-14)17-9-3-4-10-24(17,19)20/h5-8,16,18H,3-4,9-12H2,1-2H3/t15-/m1/s1. The van der Waals surface area contributed by atoms with Crippen LogP contribution >= 0.6 is 0 Å². The fourth-order valence-corrected chi connectivity index (χ4v) is 5.37. The van der Waals surface area contributed by atoms with Gasteiger partial charge in [0, 0.05) is 20.2 Å². The monoisotopic (exact) mass is 392 g/mol. The third kappa shape index (κ3) is 5.14. The maximum Gasteiger partial charge on any atom is 0.240 e. The number of hydrogen-bond acceptors (Lipinski definition) is 6. The Kier molecular flexibility index (Phi) is 6.10. The largest absolute Gasteiger partial charge is 0.386 e. The van der Waals surface area contributed by atoms with Gasteiger partial charge < -0.3 is 9.84 Å². The molecule has 2 N–H and O–H groups in total. The molecule has 0 aromatic heterocycles. The maximum atomic E-state index is 12.3. The van der Waals surface area contributed by atoms with Crippen LogP contribution in [0.15, 0.2) is 29.2 Å². The number of benzene rings is 1. The van der Waals surface area contributed by atoms with Gasteiger partial charge in [0.15, 0.2) is 0 Å². The minimum atomic E-state index is -3.82. The van der Waals surface area contributed by atoms with Crippen molar-refractivity contribution >= 4 is 25.7 Å². The zero-order valence-electron chi connectivity index (χ0n) is 14.3. The molecule has 2 rings (SSSR count). The molecule has 10 heteroatoms. The van der Waals surface area contributed by atoms with Crippen molar-refractivity contribution in [2.75, 3.05) is 36.9 Å². The van der Waals surface area contributed by atoms with Crippen molar-refractivity contribution in [2.45, 2.75) is 30.3 Å². The lowest BCUT2D eigenvalue weighted by Gasteiger charge is -2.28. The van der Waals surface area contributed by atoms with E-state index in [1.165, 1.54) is 42.6 Å². The maximum absolute atomic E-state index is 12.3. The Morgan fingerprint density at radius 1 is 1.28 bits per heavy atom. The molecule has 0 radical (unpaired) electrons. The van der Waals surface area contributed by atoms with Gasteiger partial charge in [-0.3, -0.25) is 4.31 Å². The first-order valence-corrected chi connectivity index (χ1v) is 11.0. The fourth-order valence-electron chi connectivity index (χ4n) is 2.57. The SMILES string of the molecule is COC[C@](C)(O)CNS(=O)(=O)c1ccc(N2CCCCS2(=O)=O)cc1. The van der Waals surface area contributed by atoms with E-state index in [2.05, 4.69) is 4.72 Å². The van der Waals surface area contributed by atoms with Crippen LogP contribution < -0.4 is 9.03 Å². The highest BCUT2D eigenvalue weighted by atomic mass is 32.2. The summed E-state index contributed by atoms with van der Waals surface area (Å²) in [5.74, 6) is 0.100. The molecular formula is C15H24N2O6S2. The van der Waals surface area contributed by atoms with Gasteiger partial charge in [0.05, 0.1) is 28.5 Å². The molecule has 1 aromatic carbocycles. The number of ether oxygens (including phenoxy) is 1. The van der Waals surface area contributed by atoms with Gasteiger partial charge >= 0.3 is 0 Å². The molecule has 1 aliphatic heterocycles. The molecule has 0 aliphatic carbocycles. The first-order valence-electron chi connectivity index (χ1n) is 7.89. The molecule has 1 aromatic rings. The summed E-state index contributed by atoms with van der Waals surface area (Å²) in [7, 11) is -5.75. The molecule has 0 bridgehead atoms. The normalized spacial score (nSPS) is 20.2. The topological polar surface area (TPSA) is 113 Å². The van der Waals surface area contributed by atoms with E-state index in [0.29, 0.717) is 18.7 Å². The van der Waals surface area contributed by atoms with Crippen molar-refractivity contribution in [2.24, 2.45) is 0 Å². The first kappa shape index (κ1) is 20.1. The van der Waals surface area contributed by atoms with Crippen LogP contribution in [0.3, 0.4) is 0 Å². The average Bonchev–Trinajstić information content (AvgIpc) is 2.53. The van der Waals surface area contributed by atoms with E-state index in [4.69, 9.17) is 4.74 Å². The van der Waals surface area contributed by atoms with Crippen LogP contribution in [0.2, 0.25) is 0 Å². The number of rotatable bonds is 7. The number of methoxy groups -OCH3 is 1. The van der Waals surface area contributed by atoms with Crippen molar-refractivity contribution in [3.8, 4) is 0 Å². The molecule has 1 aliphatic rings. The van der Waals surface area contributed by atoms with Crippen LogP contribution in [0.5, 0.6) is 0 Å². The van der Waals surface area contributed by atoms with Crippen LogP contribution in [-0.2, 0) is 24.8 Å². The molecular weight excluding hydrogens is 368 g/mol. The average molecular weight is 392 g/mol. The van der Waals surface area contributed by atoms with Crippen molar-refractivity contribution in [3.05, 3.63) is 24.3 Å². The highest BCUT2D eigenvalue weighted by Gasteiger charge is 2.27. The van der Waals surface area contributed by atoms with Gasteiger partial charge in [-0.05, 0) is 44.0 Å². The molecule has 142 valence electrons. The van der Waals surface area contributed by atoms with E-state index in [9.17, 15) is 21.9 Å². The molecule has 25 heavy (non-hydrogen) atoms. The minimum absolute atomic E-state index is 0.00104. The van der Waals surface area contributed by atoms with E-state index in [1.54, 1.807) is 0 Å². The van der Waals surface area contributed by atoms with Crippen LogP contribution in [-0.4, -0.2) is 60.1 Å². The fraction of sp³-hybridized carbons (Fsp3) is 0.600. The van der Waals surface area contributed by atoms with Gasteiger partial charge in [-0.2, -0.15) is 0 Å². The van der Waals surface area contributed by atoms with E-state index in [1.807, 2.05) is 0 Å². The predicted octanol–water partition coefficient (Wildman–Crippen LogP) is 0.292. The molecule has 0 unspecified atom stereocenters. The smallest absolute Gasteiger partial charge is 0.240 e. The molecule has 0 saturated carbocycles. The molecule has 0 spiro atoms. The van der Waals surface area contributed by atoms with Gasteiger partial charge in [-0.15, -0.1) is 0 Å². The highest BCUT2D eigenvalue weighted by Crippen LogP contribution is 2.24. The summed E-state index contributed by atoms with van der Waals surface area (Å²) >= 11 is 0. The summed E-state index contributed by atoms with van der Waals surface area (Å²) in [6.07, 6.45) is 1.41. The predicted molar refractivity (Wildman–Crippen MR) is 94.5 cm³/mol. The molecule has 8 nitrogen and oxygen atoms in total. The summed E-state index contributed by atoms with van der Waals surface area (Å²) < 4.78 is 57.3. The summed E-state index contributed by atoms with van der Waals surface area (Å²) in [4.78, 5) is -0.00104. The Hall–Kier alpha value is -1.20. The molecule has 1 atom stereocenters. The lowest BCUT2D eigenvalue weighted by atomic mass is 10.1. The van der Waals surface area contributed by atoms with E-state index >= 15 is 0 Å². The molecule has 1 heterocycles. The van der Waals surface area contributed by atoms with Gasteiger partial charge in [0.2, 0.25) is 20.0 Å². The quantitative estimate of drug-likeness (QED) is 0.690. The van der Waals surface area contributed by atoms with E-state index in [0.717, 1.165) is 6.42 Å². The Bertz CT molecular complexity index is 788. The minimum Gasteiger partial charge on any atom is -0.386 e. The Morgan fingerprint density at radius 2 is 1.92 bits per heavy atom. The zero-order chi connectivity index (χ0) is 18.7. The van der Waals surface area contributed by atoms with Crippen LogP contribution in [0, 0.1) is 0 Å². The van der Waals surface area contributed by atoms with E-state index < -0.39 is 25.6 Å². The Labute approximate surface area is 148 Å². The second-order valence-corrected chi connectivity index (χ2v) is 10.1. The van der Waals surface area contributed by atoms with Gasteiger partial charge in [-0.25, -0.2) is 21.6 Å². The summed E-state index contributed by atoms with van der Waals surface area (Å²) in [5, 5.41) is 9.97. The second-order valence-electron chi connectivity index (χ2n) is 6.34. The molecule has 1 fully saturated rings. The van der Waals surface area contributed by atoms with Crippen LogP contribution in [0.25, 0.3) is 0 Å². The Morgan fingerprint density at radius 3 is 2.48 bits per heavy atom. The number of nitrogens with one attached hydrogen (secondary N) is 1. The number of hydrogen-bond donors (Lipinski definition) is 2. The van der Waals surface area contributed by atoms with Crippen molar-refractivity contribution in [1.29, 1.82) is 0 Å². The van der Waals surface area contributed by atoms with Crippen molar-refractivity contribution in [1.82, 2.24) is 4.72 Å². The van der Waals surface area contributed by atoms with Crippen LogP contribution in [0.4, 0.5) is 5.69 Å². The third-order valence-electron chi connectivity index (χ3n) is 3.88. The number of aliphatic hydroxyl groups is 1. The number of anilines is 1. The lowest BCUT2D eigenvalue weighted by molar-refractivity contribution is -0.0119. The summed E-state index contributed by atoms with van der Waals surface area (Å²) in [6, 6.07) is 5.66. The third-order valence-corrected chi connectivity index (χ3v) is 7.17. The summed E-state index contributed by atoms with van der Waals surface area (Å²) in [6.45, 7) is 1.64. The van der Waals surface area contributed by atoms with Gasteiger partial charge in [-0.1, -0.05) is 0 Å². The zero-order valence-corrected chi connectivity index (χ0v) is 15.9. The summed E-state index contributed by atoms with van der Waals surface area (Å²) in [5.41, 5.74) is -0.881. The highest BCUT2D eigenvalue weighted by molar-refractivity contribution is 7.92. The number of nitrogens with zero attached hydrogens (tertiary/aromatic N) is 1. The van der Waals surface area contributed by atoms with Crippen LogP contribution in [0.1, 0.15) is 19.8 Å². The molecule has 0 amide bonds. The number of sulfonamides is 2. The second kappa shape index (κ2) is 7.58. The lowest BCUT2D eigenvalue weighted by Crippen LogP contribution is -2.43. The van der Waals surface area contributed by atoms with Gasteiger partial charge in [0.25, 0.3) is 0 Å². The van der Waals surface area contributed by atoms with Crippen molar-refractivity contribution in [3.63, 3.8) is 0 Å². The van der Waals surface area contributed by atoms with E-state index in [-0.39, 0.29) is 23.8 Å². The first-order chi connectivity index (χ1) is 11.6.